The minimum absolute atomic E-state index is 0.0954. The van der Waals surface area contributed by atoms with Crippen LogP contribution in [0, 0.1) is 0 Å². The van der Waals surface area contributed by atoms with Gasteiger partial charge in [-0.3, -0.25) is 4.79 Å². The van der Waals surface area contributed by atoms with Crippen LogP contribution < -0.4 is 0 Å². The molecular formula is C6H10O4S. The van der Waals surface area contributed by atoms with Gasteiger partial charge in [-0.25, -0.2) is 0 Å². The van der Waals surface area contributed by atoms with E-state index < -0.39 is 12.1 Å². The molecule has 0 saturated heterocycles. The molecule has 2 N–H and O–H groups in total. The summed E-state index contributed by atoms with van der Waals surface area (Å²) >= 11 is 4.61. The number of thiocarbonyl (C=S) groups is 1. The molecule has 1 unspecified atom stereocenters. The first-order valence-electron chi connectivity index (χ1n) is 3.03. The average Bonchev–Trinajstić information content (AvgIpc) is 1.85. The first-order valence-corrected chi connectivity index (χ1v) is 3.43. The number of hydrogen-bond donors (Lipinski definition) is 2. The van der Waals surface area contributed by atoms with Crippen molar-refractivity contribution in [1.82, 2.24) is 0 Å². The lowest BCUT2D eigenvalue weighted by atomic mass is 10.2. The average molecular weight is 178 g/mol. The van der Waals surface area contributed by atoms with Gasteiger partial charge < -0.3 is 14.9 Å². The molecule has 0 radical (unpaired) electrons. The largest absolute Gasteiger partial charge is 0.490 e. The number of aliphatic hydroxyl groups excluding tert-OH is 1. The number of hydrogen-bond acceptors (Lipinski definition) is 4. The fourth-order valence-corrected chi connectivity index (χ4v) is 0.742. The number of aliphatic carboxylic acids is 1. The van der Waals surface area contributed by atoms with Crippen molar-refractivity contribution in [3.05, 3.63) is 0 Å². The molecule has 0 saturated carbocycles. The highest BCUT2D eigenvalue weighted by atomic mass is 32.1. The molecule has 11 heavy (non-hydrogen) atoms. The Bertz CT molecular complexity index is 157. The van der Waals surface area contributed by atoms with Crippen molar-refractivity contribution in [2.75, 3.05) is 7.11 Å². The fourth-order valence-electron chi connectivity index (χ4n) is 0.549. The molecule has 0 bridgehead atoms. The smallest absolute Gasteiger partial charge is 0.305 e. The Hall–Kier alpha value is -0.680. The van der Waals surface area contributed by atoms with Crippen LogP contribution in [-0.2, 0) is 9.53 Å². The monoisotopic (exact) mass is 178 g/mol. The summed E-state index contributed by atoms with van der Waals surface area (Å²) in [5.74, 6) is -1.04. The van der Waals surface area contributed by atoms with E-state index in [0.717, 1.165) is 0 Å². The summed E-state index contributed by atoms with van der Waals surface area (Å²) in [6.07, 6.45) is -1.15. The van der Waals surface area contributed by atoms with Gasteiger partial charge in [0.1, 0.15) is 0 Å². The van der Waals surface area contributed by atoms with Crippen LogP contribution in [0.25, 0.3) is 0 Å². The molecule has 0 spiro atoms. The maximum absolute atomic E-state index is 10.0. The predicted octanol–water partition coefficient (Wildman–Crippen LogP) is 0.186. The standard InChI is InChI=1S/C6H10O4S/c1-10-6(11)3-4(7)2-5(8)9/h4,7H,2-3H2,1H3,(H,8,9). The van der Waals surface area contributed by atoms with Crippen molar-refractivity contribution in [3.63, 3.8) is 0 Å². The molecule has 64 valence electrons. The van der Waals surface area contributed by atoms with Gasteiger partial charge in [0.15, 0.2) is 5.05 Å². The highest BCUT2D eigenvalue weighted by molar-refractivity contribution is 7.80. The Morgan fingerprint density at radius 3 is 2.55 bits per heavy atom. The van der Waals surface area contributed by atoms with Crippen molar-refractivity contribution in [2.45, 2.75) is 18.9 Å². The van der Waals surface area contributed by atoms with Gasteiger partial charge in [-0.1, -0.05) is 0 Å². The summed E-state index contributed by atoms with van der Waals surface area (Å²) < 4.78 is 4.58. The van der Waals surface area contributed by atoms with Crippen molar-refractivity contribution in [3.8, 4) is 0 Å². The third-order valence-electron chi connectivity index (χ3n) is 1.04. The Kier molecular flexibility index (Phi) is 4.72. The van der Waals surface area contributed by atoms with Gasteiger partial charge in [-0.2, -0.15) is 0 Å². The van der Waals surface area contributed by atoms with Crippen molar-refractivity contribution in [2.24, 2.45) is 0 Å². The third kappa shape index (κ3) is 5.75. The minimum atomic E-state index is -1.04. The van der Waals surface area contributed by atoms with Crippen LogP contribution in [0.3, 0.4) is 0 Å². The van der Waals surface area contributed by atoms with Crippen LogP contribution >= 0.6 is 12.2 Å². The first kappa shape index (κ1) is 10.3. The van der Waals surface area contributed by atoms with Crippen LogP contribution in [0.2, 0.25) is 0 Å². The molecule has 4 nitrogen and oxygen atoms in total. The molecule has 0 rings (SSSR count). The fraction of sp³-hybridized carbons (Fsp3) is 0.667. The topological polar surface area (TPSA) is 66.8 Å². The number of methoxy groups -OCH3 is 1. The second kappa shape index (κ2) is 5.03. The highest BCUT2D eigenvalue weighted by Crippen LogP contribution is 2.00. The number of ether oxygens (including phenoxy) is 1. The maximum atomic E-state index is 10.0. The molecule has 0 aromatic rings. The predicted molar refractivity (Wildman–Crippen MR) is 42.5 cm³/mol. The first-order chi connectivity index (χ1) is 5.06. The maximum Gasteiger partial charge on any atom is 0.305 e. The van der Waals surface area contributed by atoms with Crippen LogP contribution in [0.15, 0.2) is 0 Å². The molecule has 0 aliphatic rings. The number of carboxylic acid groups (broad SMARTS) is 1. The zero-order valence-electron chi connectivity index (χ0n) is 6.11. The van der Waals surface area contributed by atoms with Crippen molar-refractivity contribution < 1.29 is 19.7 Å². The molecule has 0 aliphatic heterocycles. The summed E-state index contributed by atoms with van der Waals surface area (Å²) in [4.78, 5) is 10.0. The normalized spacial score (nSPS) is 12.2. The van der Waals surface area contributed by atoms with Crippen LogP contribution in [0.1, 0.15) is 12.8 Å². The van der Waals surface area contributed by atoms with E-state index in [9.17, 15) is 4.79 Å². The number of carbonyl (C=O) groups is 1. The SMILES string of the molecule is COC(=S)CC(O)CC(=O)O. The zero-order chi connectivity index (χ0) is 8.85. The summed E-state index contributed by atoms with van der Waals surface area (Å²) in [6.45, 7) is 0. The van der Waals surface area contributed by atoms with Gasteiger partial charge in [0.05, 0.1) is 19.6 Å². The van der Waals surface area contributed by atoms with Gasteiger partial charge in [0.2, 0.25) is 0 Å². The van der Waals surface area contributed by atoms with E-state index >= 15 is 0 Å². The van der Waals surface area contributed by atoms with Crippen LogP contribution in [-0.4, -0.2) is 34.4 Å². The van der Waals surface area contributed by atoms with Crippen LogP contribution in [0.5, 0.6) is 0 Å². The van der Waals surface area contributed by atoms with E-state index in [1.54, 1.807) is 0 Å². The quantitative estimate of drug-likeness (QED) is 0.601. The van der Waals surface area contributed by atoms with Crippen molar-refractivity contribution in [1.29, 1.82) is 0 Å². The van der Waals surface area contributed by atoms with Crippen molar-refractivity contribution >= 4 is 23.2 Å². The number of carboxylic acids is 1. The van der Waals surface area contributed by atoms with E-state index in [-0.39, 0.29) is 17.9 Å². The summed E-state index contributed by atoms with van der Waals surface area (Å²) in [7, 11) is 1.38. The van der Waals surface area contributed by atoms with E-state index in [4.69, 9.17) is 10.2 Å². The van der Waals surface area contributed by atoms with Crippen LogP contribution in [0.4, 0.5) is 0 Å². The lowest BCUT2D eigenvalue weighted by molar-refractivity contribution is -0.139. The lowest BCUT2D eigenvalue weighted by Gasteiger charge is -2.06. The molecule has 0 amide bonds. The Balaban J connectivity index is 3.60. The van der Waals surface area contributed by atoms with E-state index in [0.29, 0.717) is 0 Å². The van der Waals surface area contributed by atoms with Gasteiger partial charge >= 0.3 is 5.97 Å². The molecule has 5 heteroatoms. The van der Waals surface area contributed by atoms with Gasteiger partial charge in [0, 0.05) is 6.42 Å². The zero-order valence-corrected chi connectivity index (χ0v) is 6.93. The van der Waals surface area contributed by atoms with Gasteiger partial charge in [0.25, 0.3) is 0 Å². The molecule has 1 atom stereocenters. The summed E-state index contributed by atoms with van der Waals surface area (Å²) in [5.41, 5.74) is 0. The molecule has 0 aliphatic carbocycles. The second-order valence-corrected chi connectivity index (χ2v) is 2.49. The second-order valence-electron chi connectivity index (χ2n) is 2.03. The number of aliphatic hydroxyl groups is 1. The van der Waals surface area contributed by atoms with E-state index in [1.807, 2.05) is 0 Å². The lowest BCUT2D eigenvalue weighted by Crippen LogP contribution is -2.17. The van der Waals surface area contributed by atoms with E-state index in [2.05, 4.69) is 17.0 Å². The third-order valence-corrected chi connectivity index (χ3v) is 1.37. The molecule has 0 heterocycles. The highest BCUT2D eigenvalue weighted by Gasteiger charge is 2.11. The molecule has 0 aromatic heterocycles. The van der Waals surface area contributed by atoms with Gasteiger partial charge in [-0.05, 0) is 12.2 Å². The minimum Gasteiger partial charge on any atom is -0.490 e. The Morgan fingerprint density at radius 1 is 1.64 bits per heavy atom. The summed E-state index contributed by atoms with van der Waals surface area (Å²) in [5, 5.41) is 17.4. The number of rotatable bonds is 4. The van der Waals surface area contributed by atoms with E-state index in [1.165, 1.54) is 7.11 Å². The molecule has 0 aromatic carbocycles. The molecule has 0 fully saturated rings. The molecular weight excluding hydrogens is 168 g/mol. The summed E-state index contributed by atoms with van der Waals surface area (Å²) in [6, 6.07) is 0. The Morgan fingerprint density at radius 2 is 2.18 bits per heavy atom. The van der Waals surface area contributed by atoms with Gasteiger partial charge in [-0.15, -0.1) is 0 Å². The Labute approximate surface area is 69.8 Å².